The molecule has 258 valence electrons. The number of hydrogen-bond donors (Lipinski definition) is 1. The summed E-state index contributed by atoms with van der Waals surface area (Å²) < 4.78 is 9.52. The monoisotopic (exact) mass is 776 g/mol. The summed E-state index contributed by atoms with van der Waals surface area (Å²) in [6, 6.07) is 18.5. The van der Waals surface area contributed by atoms with Crippen molar-refractivity contribution in [1.29, 1.82) is 0 Å². The molecule has 0 atom stereocenters. The Morgan fingerprint density at radius 2 is 1.38 bits per heavy atom. The molecule has 1 N–H and O–H groups in total. The summed E-state index contributed by atoms with van der Waals surface area (Å²) >= 11 is -2.01. The van der Waals surface area contributed by atoms with Crippen molar-refractivity contribution in [3.8, 4) is 5.75 Å². The Hall–Kier alpha value is -3.25. The van der Waals surface area contributed by atoms with Crippen molar-refractivity contribution >= 4 is 47.0 Å². The minimum Gasteiger partial charge on any atom is -0.502 e. The van der Waals surface area contributed by atoms with Gasteiger partial charge in [-0.2, -0.15) is 6.67 Å². The zero-order valence-electron chi connectivity index (χ0n) is 29.5. The first-order chi connectivity index (χ1) is 22.7. The maximum atomic E-state index is 12.3. The predicted octanol–water partition coefficient (Wildman–Crippen LogP) is 8.54. The molecule has 0 aliphatic carbocycles. The molecule has 5 rings (SSSR count). The Kier molecular flexibility index (Phi) is 13.2. The zero-order chi connectivity index (χ0) is 35.1. The van der Waals surface area contributed by atoms with E-state index in [0.717, 1.165) is 24.2 Å². The number of hydrogen-bond acceptors (Lipinski definition) is 4. The molecule has 1 amide bonds. The van der Waals surface area contributed by atoms with Crippen LogP contribution in [-0.2, 0) is 31.8 Å². The molecule has 6 nitrogen and oxygen atoms in total. The SMILES string of the molecule is CC(C)Oc1ccc(NC(=O)Cc2cc[n+](C)cc2)cc1[CH]=[Ru]([Cl])[Cl].Cc1cc(C)c(N2[CH-]N(c3c(C)cc(C)cc3C)CC2)c(C)c1. The fourth-order valence-electron chi connectivity index (χ4n) is 6.28. The van der Waals surface area contributed by atoms with E-state index in [1.54, 1.807) is 0 Å². The number of amides is 1. The summed E-state index contributed by atoms with van der Waals surface area (Å²) in [6.07, 6.45) is 4.18. The molecular weight excluding hydrogens is 728 g/mol. The van der Waals surface area contributed by atoms with Gasteiger partial charge in [-0.25, -0.2) is 0 Å². The molecule has 48 heavy (non-hydrogen) atoms. The van der Waals surface area contributed by atoms with Crippen LogP contribution in [0.25, 0.3) is 0 Å². The molecule has 1 saturated heterocycles. The number of halogens is 2. The summed E-state index contributed by atoms with van der Waals surface area (Å²) in [6.45, 7) is 21.5. The number of ether oxygens (including phenoxy) is 1. The molecule has 3 aromatic carbocycles. The van der Waals surface area contributed by atoms with Crippen molar-refractivity contribution in [2.24, 2.45) is 7.05 Å². The van der Waals surface area contributed by atoms with Gasteiger partial charge in [-0.1, -0.05) is 35.4 Å². The van der Waals surface area contributed by atoms with Gasteiger partial charge in [-0.3, -0.25) is 0 Å². The van der Waals surface area contributed by atoms with Gasteiger partial charge in [-0.05, 0) is 63.8 Å². The smallest absolute Gasteiger partial charge is 0.0146 e. The summed E-state index contributed by atoms with van der Waals surface area (Å²) in [5.74, 6) is 0.631. The first-order valence-electron chi connectivity index (χ1n) is 16.1. The van der Waals surface area contributed by atoms with Crippen molar-refractivity contribution in [1.82, 2.24) is 0 Å². The van der Waals surface area contributed by atoms with Crippen LogP contribution in [0.1, 0.15) is 58.4 Å². The number of rotatable bonds is 8. The molecule has 9 heteroatoms. The van der Waals surface area contributed by atoms with Crippen molar-refractivity contribution < 1.29 is 27.6 Å². The van der Waals surface area contributed by atoms with Crippen LogP contribution in [0.2, 0.25) is 0 Å². The normalized spacial score (nSPS) is 12.9. The fraction of sp³-hybridized carbons (Fsp3) is 0.333. The number of nitrogens with one attached hydrogen (secondary N) is 1. The largest absolute Gasteiger partial charge is 0.502 e. The van der Waals surface area contributed by atoms with Crippen LogP contribution in [-0.4, -0.2) is 29.7 Å². The Morgan fingerprint density at radius 1 is 0.875 bits per heavy atom. The predicted molar refractivity (Wildman–Crippen MR) is 199 cm³/mol. The fourth-order valence-corrected chi connectivity index (χ4v) is 8.06. The van der Waals surface area contributed by atoms with E-state index in [0.29, 0.717) is 17.9 Å². The topological polar surface area (TPSA) is 48.7 Å². The van der Waals surface area contributed by atoms with Crippen LogP contribution in [0.15, 0.2) is 67.0 Å². The number of aryl methyl sites for hydroxylation is 7. The van der Waals surface area contributed by atoms with Crippen LogP contribution in [0.3, 0.4) is 0 Å². The summed E-state index contributed by atoms with van der Waals surface area (Å²) in [5, 5.41) is 2.91. The Bertz CT molecular complexity index is 1680. The average Bonchev–Trinajstić information content (AvgIpc) is 3.43. The van der Waals surface area contributed by atoms with E-state index in [-0.39, 0.29) is 12.0 Å². The molecular formula is C39H48Cl2N4O2Ru. The third kappa shape index (κ3) is 10.4. The Morgan fingerprint density at radius 3 is 1.83 bits per heavy atom. The van der Waals surface area contributed by atoms with E-state index < -0.39 is 13.5 Å². The standard InChI is InChI=1S/C21H27N2.C18H20N2O2.2ClH.Ru/c1-14-9-16(3)20(17(4)10-14)22-7-8-23(13-22)21-18(5)11-15(2)12-19(21)6;1-13(2)22-17-6-5-16(11-14(17)3)19-18(21)12-15-7-9-20(4)10-8-15;;;/h9-13H,7-8H2,1-6H3;3,5-11,13H,12H2,1-2,4H3;2*1H;/q-1;;;;+2/p-1. The summed E-state index contributed by atoms with van der Waals surface area (Å²) in [5.41, 5.74) is 13.3. The molecule has 1 fully saturated rings. The number of anilines is 3. The molecule has 0 bridgehead atoms. The van der Waals surface area contributed by atoms with E-state index in [1.807, 2.05) is 72.8 Å². The van der Waals surface area contributed by atoms with E-state index >= 15 is 0 Å². The molecule has 4 aromatic rings. The first-order valence-corrected chi connectivity index (χ1v) is 21.6. The third-order valence-electron chi connectivity index (χ3n) is 7.96. The number of benzene rings is 3. The number of nitrogens with zero attached hydrogens (tertiary/aromatic N) is 3. The second-order valence-electron chi connectivity index (χ2n) is 12.8. The number of carbonyl (C=O) groups excluding carboxylic acids is 1. The summed E-state index contributed by atoms with van der Waals surface area (Å²) in [7, 11) is 14.0. The average molecular weight is 777 g/mol. The van der Waals surface area contributed by atoms with Crippen molar-refractivity contribution in [2.75, 3.05) is 28.2 Å². The molecule has 1 aromatic heterocycles. The van der Waals surface area contributed by atoms with Crippen molar-refractivity contribution in [3.63, 3.8) is 0 Å². The zero-order valence-corrected chi connectivity index (χ0v) is 32.7. The van der Waals surface area contributed by atoms with Gasteiger partial charge in [0.25, 0.3) is 0 Å². The van der Waals surface area contributed by atoms with E-state index in [9.17, 15) is 4.79 Å². The maximum absolute atomic E-state index is 12.3. The molecule has 2 heterocycles. The Labute approximate surface area is 300 Å². The van der Waals surface area contributed by atoms with Gasteiger partial charge in [0.1, 0.15) is 0 Å². The van der Waals surface area contributed by atoms with Gasteiger partial charge < -0.3 is 9.80 Å². The number of carbonyl (C=O) groups is 1. The number of pyridine rings is 1. The van der Waals surface area contributed by atoms with E-state index in [1.165, 1.54) is 44.8 Å². The van der Waals surface area contributed by atoms with Crippen LogP contribution < -0.4 is 24.4 Å². The van der Waals surface area contributed by atoms with Crippen molar-refractivity contribution in [2.45, 2.75) is 67.9 Å². The van der Waals surface area contributed by atoms with E-state index in [4.69, 9.17) is 24.1 Å². The van der Waals surface area contributed by atoms with Gasteiger partial charge >= 0.3 is 162 Å². The molecule has 1 aliphatic heterocycles. The minimum absolute atomic E-state index is 0.0401. The quantitative estimate of drug-likeness (QED) is 0.111. The van der Waals surface area contributed by atoms with Gasteiger partial charge in [-0.15, -0.1) is 0 Å². The van der Waals surface area contributed by atoms with Crippen LogP contribution in [0, 0.1) is 48.2 Å². The second kappa shape index (κ2) is 16.9. The van der Waals surface area contributed by atoms with Crippen LogP contribution in [0.5, 0.6) is 5.75 Å². The van der Waals surface area contributed by atoms with Gasteiger partial charge in [0.05, 0.1) is 0 Å². The van der Waals surface area contributed by atoms with Gasteiger partial charge in [0, 0.05) is 24.5 Å². The number of aromatic nitrogens is 1. The maximum Gasteiger partial charge on any atom is 0.0146 e. The first kappa shape index (κ1) is 37.6. The van der Waals surface area contributed by atoms with Crippen LogP contribution >= 0.6 is 19.4 Å². The summed E-state index contributed by atoms with van der Waals surface area (Å²) in [4.78, 5) is 17.1. The molecule has 1 aliphatic rings. The molecule has 0 radical (unpaired) electrons. The Balaban J connectivity index is 0.000000217. The molecule has 0 saturated carbocycles. The molecule has 0 spiro atoms. The molecule has 0 unspecified atom stereocenters. The second-order valence-corrected chi connectivity index (χ2v) is 18.5. The third-order valence-corrected chi connectivity index (χ3v) is 9.79. The van der Waals surface area contributed by atoms with Gasteiger partial charge in [0.2, 0.25) is 0 Å². The minimum atomic E-state index is -2.01. The van der Waals surface area contributed by atoms with E-state index in [2.05, 4.69) is 87.6 Å². The van der Waals surface area contributed by atoms with Gasteiger partial charge in [0.15, 0.2) is 0 Å². The van der Waals surface area contributed by atoms with Crippen molar-refractivity contribution in [3.05, 3.63) is 118 Å². The van der Waals surface area contributed by atoms with Crippen LogP contribution in [0.4, 0.5) is 17.1 Å².